The molecule has 0 unspecified atom stereocenters. The number of ether oxygens (including phenoxy) is 2. The van der Waals surface area contributed by atoms with Crippen molar-refractivity contribution in [2.24, 2.45) is 5.92 Å². The Morgan fingerprint density at radius 2 is 1.72 bits per heavy atom. The monoisotopic (exact) mass is 395 g/mol. The molecular weight excluding hydrogens is 370 g/mol. The number of benzene rings is 2. The van der Waals surface area contributed by atoms with Gasteiger partial charge in [0.25, 0.3) is 5.56 Å². The number of aromatic hydroxyl groups is 1. The van der Waals surface area contributed by atoms with Crippen molar-refractivity contribution in [2.75, 3.05) is 19.0 Å². The maximum atomic E-state index is 12.5. The first kappa shape index (κ1) is 20.3. The molecule has 0 aliphatic carbocycles. The van der Waals surface area contributed by atoms with Gasteiger partial charge in [-0.05, 0) is 47.9 Å². The highest BCUT2D eigenvalue weighted by atomic mass is 16.5. The molecule has 0 fully saturated rings. The lowest BCUT2D eigenvalue weighted by Gasteiger charge is -2.10. The molecule has 29 heavy (non-hydrogen) atoms. The van der Waals surface area contributed by atoms with E-state index in [1.54, 1.807) is 31.4 Å². The van der Waals surface area contributed by atoms with Gasteiger partial charge in [-0.3, -0.25) is 9.78 Å². The summed E-state index contributed by atoms with van der Waals surface area (Å²) in [5, 5.41) is 13.2. The molecule has 0 atom stereocenters. The molecule has 0 aliphatic rings. The van der Waals surface area contributed by atoms with Gasteiger partial charge in [0.2, 0.25) is 11.8 Å². The third-order valence-corrected chi connectivity index (χ3v) is 4.23. The lowest BCUT2D eigenvalue weighted by molar-refractivity contribution is 0.271. The number of rotatable bonds is 8. The lowest BCUT2D eigenvalue weighted by Crippen LogP contribution is -2.16. The highest BCUT2D eigenvalue weighted by Crippen LogP contribution is 2.21. The normalized spacial score (nSPS) is 10.8. The molecule has 0 radical (unpaired) electrons. The van der Waals surface area contributed by atoms with Crippen molar-refractivity contribution in [2.45, 2.75) is 20.3 Å². The van der Waals surface area contributed by atoms with Crippen LogP contribution in [0.25, 0.3) is 0 Å². The van der Waals surface area contributed by atoms with Gasteiger partial charge in [0.05, 0.1) is 19.3 Å². The summed E-state index contributed by atoms with van der Waals surface area (Å²) in [4.78, 5) is 19.2. The van der Waals surface area contributed by atoms with E-state index in [0.29, 0.717) is 18.2 Å². The molecular formula is C22H25N3O4. The zero-order valence-corrected chi connectivity index (χ0v) is 16.7. The molecule has 7 nitrogen and oxygen atoms in total. The molecule has 0 spiro atoms. The predicted octanol–water partition coefficient (Wildman–Crippen LogP) is 3.85. The van der Waals surface area contributed by atoms with Crippen LogP contribution >= 0.6 is 0 Å². The molecule has 0 aliphatic heterocycles. The van der Waals surface area contributed by atoms with Gasteiger partial charge in [-0.1, -0.05) is 26.0 Å². The molecule has 1 aromatic heterocycles. The van der Waals surface area contributed by atoms with Crippen LogP contribution < -0.4 is 20.3 Å². The van der Waals surface area contributed by atoms with E-state index in [-0.39, 0.29) is 23.8 Å². The molecule has 1 heterocycles. The first-order valence-electron chi connectivity index (χ1n) is 9.39. The Balaban J connectivity index is 1.71. The van der Waals surface area contributed by atoms with E-state index in [0.717, 1.165) is 17.1 Å². The van der Waals surface area contributed by atoms with E-state index in [1.807, 2.05) is 24.3 Å². The van der Waals surface area contributed by atoms with Crippen LogP contribution in [-0.4, -0.2) is 28.8 Å². The first-order chi connectivity index (χ1) is 13.9. The van der Waals surface area contributed by atoms with Crippen LogP contribution in [-0.2, 0) is 6.42 Å². The van der Waals surface area contributed by atoms with Crippen LogP contribution in [0.3, 0.4) is 0 Å². The molecule has 3 aromatic rings. The number of aromatic nitrogens is 2. The van der Waals surface area contributed by atoms with Crippen molar-refractivity contribution >= 4 is 11.6 Å². The van der Waals surface area contributed by atoms with Crippen LogP contribution in [0, 0.1) is 5.92 Å². The Kier molecular flexibility index (Phi) is 6.39. The van der Waals surface area contributed by atoms with Crippen LogP contribution in [0.5, 0.6) is 17.4 Å². The van der Waals surface area contributed by atoms with E-state index in [4.69, 9.17) is 9.47 Å². The molecule has 3 N–H and O–H groups in total. The second-order valence-electron chi connectivity index (χ2n) is 7.10. The molecule has 0 bridgehead atoms. The second kappa shape index (κ2) is 9.14. The Hall–Kier alpha value is -3.48. The minimum absolute atomic E-state index is 0.166. The van der Waals surface area contributed by atoms with Crippen molar-refractivity contribution in [3.63, 3.8) is 0 Å². The molecule has 0 amide bonds. The van der Waals surface area contributed by atoms with Crippen molar-refractivity contribution in [1.29, 1.82) is 0 Å². The van der Waals surface area contributed by atoms with Gasteiger partial charge >= 0.3 is 0 Å². The minimum atomic E-state index is -0.395. The average Bonchev–Trinajstić information content (AvgIpc) is 2.70. The van der Waals surface area contributed by atoms with E-state index in [2.05, 4.69) is 29.1 Å². The highest BCUT2D eigenvalue weighted by Gasteiger charge is 2.12. The molecule has 2 aromatic carbocycles. The van der Waals surface area contributed by atoms with Crippen molar-refractivity contribution in [3.8, 4) is 17.4 Å². The Morgan fingerprint density at radius 1 is 1.07 bits per heavy atom. The average molecular weight is 395 g/mol. The summed E-state index contributed by atoms with van der Waals surface area (Å²) in [5.41, 5.74) is 1.40. The zero-order chi connectivity index (χ0) is 20.8. The van der Waals surface area contributed by atoms with Gasteiger partial charge in [0, 0.05) is 12.1 Å². The number of hydrogen-bond donors (Lipinski definition) is 3. The van der Waals surface area contributed by atoms with Gasteiger partial charge in [-0.15, -0.1) is 0 Å². The standard InChI is InChI=1S/C22H25N3O4/c1-14(2)13-29-18-8-4-15(5-9-18)12-19-20(26)24-22(25-21(19)27)23-16-6-10-17(28-3)11-7-16/h4-11,14H,12-13H2,1-3H3,(H3,23,24,25,26,27). The fourth-order valence-electron chi connectivity index (χ4n) is 2.69. The van der Waals surface area contributed by atoms with E-state index in [9.17, 15) is 9.90 Å². The first-order valence-corrected chi connectivity index (χ1v) is 9.39. The number of hydrogen-bond acceptors (Lipinski definition) is 6. The van der Waals surface area contributed by atoms with Gasteiger partial charge in [-0.2, -0.15) is 4.98 Å². The Bertz CT molecular complexity index is 996. The minimum Gasteiger partial charge on any atom is -0.497 e. The number of aromatic amines is 1. The van der Waals surface area contributed by atoms with Crippen LogP contribution in [0.15, 0.2) is 53.3 Å². The summed E-state index contributed by atoms with van der Waals surface area (Å²) in [5.74, 6) is 1.80. The van der Waals surface area contributed by atoms with Crippen molar-refractivity contribution in [1.82, 2.24) is 9.97 Å². The summed E-state index contributed by atoms with van der Waals surface area (Å²) < 4.78 is 10.8. The van der Waals surface area contributed by atoms with E-state index < -0.39 is 5.56 Å². The fourth-order valence-corrected chi connectivity index (χ4v) is 2.69. The predicted molar refractivity (Wildman–Crippen MR) is 112 cm³/mol. The summed E-state index contributed by atoms with van der Waals surface area (Å²) in [7, 11) is 1.59. The van der Waals surface area contributed by atoms with Gasteiger partial charge < -0.3 is 19.9 Å². The maximum Gasteiger partial charge on any atom is 0.259 e. The lowest BCUT2D eigenvalue weighted by atomic mass is 10.1. The smallest absolute Gasteiger partial charge is 0.259 e. The SMILES string of the molecule is COc1ccc(Nc2nc(O)c(Cc3ccc(OCC(C)C)cc3)c(=O)[nH]2)cc1. The number of anilines is 2. The summed E-state index contributed by atoms with van der Waals surface area (Å²) >= 11 is 0. The van der Waals surface area contributed by atoms with E-state index >= 15 is 0 Å². The van der Waals surface area contributed by atoms with Crippen molar-refractivity contribution in [3.05, 3.63) is 70.0 Å². The summed E-state index contributed by atoms with van der Waals surface area (Å²) in [6.45, 7) is 4.82. The molecule has 152 valence electrons. The van der Waals surface area contributed by atoms with Gasteiger partial charge in [0.15, 0.2) is 0 Å². The topological polar surface area (TPSA) is 96.5 Å². The van der Waals surface area contributed by atoms with Crippen LogP contribution in [0.4, 0.5) is 11.6 Å². The molecule has 0 saturated carbocycles. The van der Waals surface area contributed by atoms with Crippen LogP contribution in [0.1, 0.15) is 25.0 Å². The largest absolute Gasteiger partial charge is 0.497 e. The fraction of sp³-hybridized carbons (Fsp3) is 0.273. The molecule has 3 rings (SSSR count). The van der Waals surface area contributed by atoms with Crippen molar-refractivity contribution < 1.29 is 14.6 Å². The Labute approximate surface area is 169 Å². The third kappa shape index (κ3) is 5.51. The number of nitrogens with one attached hydrogen (secondary N) is 2. The molecule has 7 heteroatoms. The quantitative estimate of drug-likeness (QED) is 0.536. The summed E-state index contributed by atoms with van der Waals surface area (Å²) in [6, 6.07) is 14.6. The highest BCUT2D eigenvalue weighted by molar-refractivity contribution is 5.55. The van der Waals surface area contributed by atoms with Gasteiger partial charge in [-0.25, -0.2) is 0 Å². The number of H-pyrrole nitrogens is 1. The third-order valence-electron chi connectivity index (χ3n) is 4.23. The second-order valence-corrected chi connectivity index (χ2v) is 7.10. The maximum absolute atomic E-state index is 12.5. The summed E-state index contributed by atoms with van der Waals surface area (Å²) in [6.07, 6.45) is 0.265. The number of methoxy groups -OCH3 is 1. The van der Waals surface area contributed by atoms with E-state index in [1.165, 1.54) is 0 Å². The number of nitrogens with zero attached hydrogens (tertiary/aromatic N) is 1. The van der Waals surface area contributed by atoms with Gasteiger partial charge in [0.1, 0.15) is 11.5 Å². The Morgan fingerprint density at radius 3 is 2.31 bits per heavy atom. The molecule has 0 saturated heterocycles. The van der Waals surface area contributed by atoms with Crippen LogP contribution in [0.2, 0.25) is 0 Å². The zero-order valence-electron chi connectivity index (χ0n) is 16.7.